The van der Waals surface area contributed by atoms with E-state index in [2.05, 4.69) is 41.0 Å². The SMILES string of the molecule is Cc1ccccc1N1CCN(C(=S)c2ccc(Cl)cc2Cl)CC1. The number of benzene rings is 2. The zero-order valence-electron chi connectivity index (χ0n) is 12.9. The van der Waals surface area contributed by atoms with E-state index in [0.717, 1.165) is 36.7 Å². The Hall–Kier alpha value is -1.29. The third-order valence-electron chi connectivity index (χ3n) is 4.18. The molecule has 0 amide bonds. The first-order valence-electron chi connectivity index (χ1n) is 7.61. The molecule has 0 saturated carbocycles. The van der Waals surface area contributed by atoms with E-state index in [1.54, 1.807) is 6.07 Å². The number of rotatable bonds is 2. The average molecular weight is 365 g/mol. The maximum absolute atomic E-state index is 6.28. The van der Waals surface area contributed by atoms with Gasteiger partial charge in [0, 0.05) is 42.5 Å². The molecule has 0 N–H and O–H groups in total. The number of anilines is 1. The number of piperazine rings is 1. The number of hydrogen-bond acceptors (Lipinski definition) is 2. The number of halogens is 2. The fourth-order valence-corrected chi connectivity index (χ4v) is 3.82. The maximum atomic E-state index is 6.28. The van der Waals surface area contributed by atoms with Gasteiger partial charge in [0.05, 0.1) is 5.02 Å². The highest BCUT2D eigenvalue weighted by molar-refractivity contribution is 7.80. The summed E-state index contributed by atoms with van der Waals surface area (Å²) in [6.45, 7) is 5.85. The van der Waals surface area contributed by atoms with E-state index in [9.17, 15) is 0 Å². The van der Waals surface area contributed by atoms with Gasteiger partial charge in [-0.15, -0.1) is 0 Å². The van der Waals surface area contributed by atoms with Gasteiger partial charge in [-0.3, -0.25) is 0 Å². The zero-order valence-corrected chi connectivity index (χ0v) is 15.3. The second-order valence-electron chi connectivity index (χ2n) is 5.69. The Balaban J connectivity index is 1.69. The number of nitrogens with zero attached hydrogens (tertiary/aromatic N) is 2. The number of thiocarbonyl (C=S) groups is 1. The number of aryl methyl sites for hydroxylation is 1. The van der Waals surface area contributed by atoms with E-state index >= 15 is 0 Å². The average Bonchev–Trinajstić information content (AvgIpc) is 2.55. The minimum absolute atomic E-state index is 0.615. The quantitative estimate of drug-likeness (QED) is 0.706. The van der Waals surface area contributed by atoms with Crippen LogP contribution in [-0.2, 0) is 0 Å². The Morgan fingerprint density at radius 2 is 1.70 bits per heavy atom. The Labute approximate surface area is 152 Å². The lowest BCUT2D eigenvalue weighted by atomic mass is 10.1. The van der Waals surface area contributed by atoms with E-state index in [1.807, 2.05) is 12.1 Å². The molecule has 0 atom stereocenters. The molecule has 0 aromatic heterocycles. The maximum Gasteiger partial charge on any atom is 0.110 e. The molecule has 2 aromatic rings. The highest BCUT2D eigenvalue weighted by Crippen LogP contribution is 2.25. The Kier molecular flexibility index (Phi) is 5.10. The third kappa shape index (κ3) is 3.63. The topological polar surface area (TPSA) is 6.48 Å². The van der Waals surface area contributed by atoms with Gasteiger partial charge in [-0.25, -0.2) is 0 Å². The van der Waals surface area contributed by atoms with Crippen LogP contribution in [0.15, 0.2) is 42.5 Å². The molecule has 2 nitrogen and oxygen atoms in total. The van der Waals surface area contributed by atoms with E-state index in [4.69, 9.17) is 35.4 Å². The van der Waals surface area contributed by atoms with Crippen LogP contribution in [0.2, 0.25) is 10.0 Å². The van der Waals surface area contributed by atoms with Gasteiger partial charge in [0.15, 0.2) is 0 Å². The van der Waals surface area contributed by atoms with Crippen molar-refractivity contribution in [2.45, 2.75) is 6.92 Å². The highest BCUT2D eigenvalue weighted by atomic mass is 35.5. The summed E-state index contributed by atoms with van der Waals surface area (Å²) in [4.78, 5) is 5.44. The zero-order chi connectivity index (χ0) is 16.4. The van der Waals surface area contributed by atoms with Gasteiger partial charge in [-0.05, 0) is 36.8 Å². The summed E-state index contributed by atoms with van der Waals surface area (Å²) in [5.41, 5.74) is 3.50. The van der Waals surface area contributed by atoms with Crippen molar-refractivity contribution >= 4 is 46.1 Å². The first kappa shape index (κ1) is 16.6. The van der Waals surface area contributed by atoms with Crippen molar-refractivity contribution in [2.24, 2.45) is 0 Å². The van der Waals surface area contributed by atoms with Crippen LogP contribution in [0.5, 0.6) is 0 Å². The molecule has 1 fully saturated rings. The van der Waals surface area contributed by atoms with Crippen molar-refractivity contribution in [3.8, 4) is 0 Å². The van der Waals surface area contributed by atoms with Crippen molar-refractivity contribution in [3.05, 3.63) is 63.6 Å². The van der Waals surface area contributed by atoms with Crippen LogP contribution in [0.3, 0.4) is 0 Å². The fourth-order valence-electron chi connectivity index (χ4n) is 2.90. The molecule has 1 aliphatic rings. The molecule has 120 valence electrons. The predicted octanol–water partition coefficient (Wildman–Crippen LogP) is 4.80. The largest absolute Gasteiger partial charge is 0.368 e. The van der Waals surface area contributed by atoms with Gasteiger partial charge >= 0.3 is 0 Å². The summed E-state index contributed by atoms with van der Waals surface area (Å²) in [7, 11) is 0. The molecule has 5 heteroatoms. The molecule has 0 aliphatic carbocycles. The smallest absolute Gasteiger partial charge is 0.110 e. The molecule has 0 bridgehead atoms. The fraction of sp³-hybridized carbons (Fsp3) is 0.278. The molecule has 0 unspecified atom stereocenters. The summed E-state index contributed by atoms with van der Waals surface area (Å²) < 4.78 is 0. The van der Waals surface area contributed by atoms with Gasteiger partial charge in [-0.1, -0.05) is 53.6 Å². The van der Waals surface area contributed by atoms with Crippen LogP contribution in [0.25, 0.3) is 0 Å². The first-order chi connectivity index (χ1) is 11.1. The Morgan fingerprint density at radius 3 is 2.35 bits per heavy atom. The van der Waals surface area contributed by atoms with Gasteiger partial charge in [0.2, 0.25) is 0 Å². The number of para-hydroxylation sites is 1. The molecule has 1 heterocycles. The van der Waals surface area contributed by atoms with E-state index < -0.39 is 0 Å². The van der Waals surface area contributed by atoms with Crippen LogP contribution in [0.1, 0.15) is 11.1 Å². The molecule has 0 spiro atoms. The van der Waals surface area contributed by atoms with E-state index in [0.29, 0.717) is 10.0 Å². The van der Waals surface area contributed by atoms with Crippen molar-refractivity contribution in [1.29, 1.82) is 0 Å². The van der Waals surface area contributed by atoms with Crippen LogP contribution >= 0.6 is 35.4 Å². The van der Waals surface area contributed by atoms with Crippen LogP contribution in [0, 0.1) is 6.92 Å². The van der Waals surface area contributed by atoms with Crippen LogP contribution < -0.4 is 4.90 Å². The summed E-state index contributed by atoms with van der Waals surface area (Å²) in [5.74, 6) is 0. The normalized spacial score (nSPS) is 14.9. The predicted molar refractivity (Wildman–Crippen MR) is 103 cm³/mol. The van der Waals surface area contributed by atoms with Crippen molar-refractivity contribution in [2.75, 3.05) is 31.1 Å². The van der Waals surface area contributed by atoms with Crippen LogP contribution in [-0.4, -0.2) is 36.1 Å². The molecule has 0 radical (unpaired) electrons. The standard InChI is InChI=1S/C18H18Cl2N2S/c1-13-4-2-3-5-17(13)21-8-10-22(11-9-21)18(23)15-7-6-14(19)12-16(15)20/h2-7,12H,8-11H2,1H3. The molecular formula is C18H18Cl2N2S. The summed E-state index contributed by atoms with van der Waals surface area (Å²) in [6.07, 6.45) is 0. The van der Waals surface area contributed by atoms with Gasteiger partial charge in [-0.2, -0.15) is 0 Å². The molecule has 1 saturated heterocycles. The van der Waals surface area contributed by atoms with Crippen molar-refractivity contribution in [1.82, 2.24) is 4.90 Å². The third-order valence-corrected chi connectivity index (χ3v) is 5.21. The second-order valence-corrected chi connectivity index (χ2v) is 6.92. The molecule has 23 heavy (non-hydrogen) atoms. The number of hydrogen-bond donors (Lipinski definition) is 0. The highest BCUT2D eigenvalue weighted by Gasteiger charge is 2.21. The lowest BCUT2D eigenvalue weighted by Gasteiger charge is -2.38. The summed E-state index contributed by atoms with van der Waals surface area (Å²) >= 11 is 17.9. The van der Waals surface area contributed by atoms with Crippen LogP contribution in [0.4, 0.5) is 5.69 Å². The van der Waals surface area contributed by atoms with Gasteiger partial charge in [0.1, 0.15) is 4.99 Å². The lowest BCUT2D eigenvalue weighted by molar-refractivity contribution is 0.392. The lowest BCUT2D eigenvalue weighted by Crippen LogP contribution is -2.48. The van der Waals surface area contributed by atoms with E-state index in [-0.39, 0.29) is 0 Å². The van der Waals surface area contributed by atoms with Gasteiger partial charge < -0.3 is 9.80 Å². The van der Waals surface area contributed by atoms with Gasteiger partial charge in [0.25, 0.3) is 0 Å². The minimum atomic E-state index is 0.615. The Bertz CT molecular complexity index is 725. The molecule has 1 aliphatic heterocycles. The molecule has 3 rings (SSSR count). The molecule has 2 aromatic carbocycles. The van der Waals surface area contributed by atoms with Crippen molar-refractivity contribution < 1.29 is 0 Å². The first-order valence-corrected chi connectivity index (χ1v) is 8.77. The van der Waals surface area contributed by atoms with E-state index in [1.165, 1.54) is 11.3 Å². The van der Waals surface area contributed by atoms with Crippen molar-refractivity contribution in [3.63, 3.8) is 0 Å². The minimum Gasteiger partial charge on any atom is -0.368 e. The monoisotopic (exact) mass is 364 g/mol. The Morgan fingerprint density at radius 1 is 1.00 bits per heavy atom. The summed E-state index contributed by atoms with van der Waals surface area (Å²) in [5, 5.41) is 1.25. The molecular weight excluding hydrogens is 347 g/mol. The summed E-state index contributed by atoms with van der Waals surface area (Å²) in [6, 6.07) is 14.0. The second kappa shape index (κ2) is 7.08.